The molecule has 1 aromatic carbocycles. The van der Waals surface area contributed by atoms with E-state index in [0.29, 0.717) is 11.3 Å². The fraction of sp³-hybridized carbons (Fsp3) is 0.500. The second-order valence-electron chi connectivity index (χ2n) is 9.02. The molecular weight excluding hydrogens is 412 g/mol. The predicted molar refractivity (Wildman–Crippen MR) is 116 cm³/mol. The number of aromatic nitrogens is 3. The molecule has 2 aromatic rings. The molecule has 0 saturated carbocycles. The Balaban J connectivity index is 1.77. The van der Waals surface area contributed by atoms with E-state index in [1.165, 1.54) is 16.6 Å². The summed E-state index contributed by atoms with van der Waals surface area (Å²) in [6.07, 6.45) is 1.05. The van der Waals surface area contributed by atoms with Gasteiger partial charge < -0.3 is 20.6 Å². The highest BCUT2D eigenvalue weighted by atomic mass is 16.3. The van der Waals surface area contributed by atoms with Crippen LogP contribution in [0.1, 0.15) is 49.3 Å². The molecule has 2 heterocycles. The normalized spacial score (nSPS) is 19.5. The van der Waals surface area contributed by atoms with Gasteiger partial charge in [-0.15, -0.1) is 5.10 Å². The zero-order valence-electron chi connectivity index (χ0n) is 18.8. The van der Waals surface area contributed by atoms with E-state index >= 15 is 0 Å². The molecule has 1 aliphatic rings. The summed E-state index contributed by atoms with van der Waals surface area (Å²) in [6, 6.07) is 7.35. The van der Waals surface area contributed by atoms with Gasteiger partial charge in [-0.1, -0.05) is 44.2 Å². The van der Waals surface area contributed by atoms with Crippen LogP contribution in [-0.4, -0.2) is 68.5 Å². The molecule has 3 atom stereocenters. The lowest BCUT2D eigenvalue weighted by molar-refractivity contribution is -0.144. The Kier molecular flexibility index (Phi) is 6.93. The summed E-state index contributed by atoms with van der Waals surface area (Å²) in [6.45, 7) is 5.93. The SMILES string of the molecule is CNC(=O)[C@@H]1C[C@@H](O)CN1C(=O)[C@@H](n1cc(CNC(=O)c2ccccc2)nn1)C(C)(C)C. The van der Waals surface area contributed by atoms with E-state index < -0.39 is 23.6 Å². The van der Waals surface area contributed by atoms with Crippen molar-refractivity contribution >= 4 is 17.7 Å². The molecule has 3 N–H and O–H groups in total. The standard InChI is InChI=1S/C22H30N6O4/c1-22(2,3)18(21(32)27-13-16(29)10-17(27)20(31)23-4)28-12-15(25-26-28)11-24-19(30)14-8-6-5-7-9-14/h5-9,12,16-18,29H,10-11,13H2,1-4H3,(H,23,31)(H,24,30)/t16-,17+,18-/m1/s1. The topological polar surface area (TPSA) is 129 Å². The van der Waals surface area contributed by atoms with Crippen molar-refractivity contribution in [2.45, 2.75) is 51.9 Å². The molecule has 172 valence electrons. The molecule has 1 saturated heterocycles. The number of β-amino-alcohol motifs (C(OH)–C–C–N with tert-alkyl or cyclic N) is 1. The molecule has 1 fully saturated rings. The van der Waals surface area contributed by atoms with Crippen LogP contribution in [0.4, 0.5) is 0 Å². The Hall–Kier alpha value is -3.27. The highest BCUT2D eigenvalue weighted by molar-refractivity contribution is 5.94. The van der Waals surface area contributed by atoms with E-state index in [1.54, 1.807) is 30.5 Å². The van der Waals surface area contributed by atoms with Crippen molar-refractivity contribution in [3.8, 4) is 0 Å². The van der Waals surface area contributed by atoms with Crippen LogP contribution in [0.5, 0.6) is 0 Å². The summed E-state index contributed by atoms with van der Waals surface area (Å²) in [5, 5.41) is 23.7. The number of nitrogens with zero attached hydrogens (tertiary/aromatic N) is 4. The van der Waals surface area contributed by atoms with Crippen molar-refractivity contribution in [3.05, 3.63) is 47.8 Å². The van der Waals surface area contributed by atoms with Crippen LogP contribution >= 0.6 is 0 Å². The lowest BCUT2D eigenvalue weighted by atomic mass is 9.85. The van der Waals surface area contributed by atoms with Crippen molar-refractivity contribution in [2.24, 2.45) is 5.41 Å². The highest BCUT2D eigenvalue weighted by Gasteiger charge is 2.44. The predicted octanol–water partition coefficient (Wildman–Crippen LogP) is 0.503. The Morgan fingerprint density at radius 2 is 1.91 bits per heavy atom. The third-order valence-electron chi connectivity index (χ3n) is 5.45. The van der Waals surface area contributed by atoms with Gasteiger partial charge in [0.1, 0.15) is 17.8 Å². The maximum Gasteiger partial charge on any atom is 0.251 e. The lowest BCUT2D eigenvalue weighted by Gasteiger charge is -2.34. The number of aliphatic hydroxyl groups is 1. The molecule has 3 amide bonds. The van der Waals surface area contributed by atoms with E-state index in [-0.39, 0.29) is 37.2 Å². The summed E-state index contributed by atoms with van der Waals surface area (Å²) in [5.74, 6) is -0.860. The van der Waals surface area contributed by atoms with Crippen molar-refractivity contribution in [2.75, 3.05) is 13.6 Å². The first-order chi connectivity index (χ1) is 15.1. The average Bonchev–Trinajstić information content (AvgIpc) is 3.37. The molecule has 0 bridgehead atoms. The first-order valence-electron chi connectivity index (χ1n) is 10.6. The zero-order chi connectivity index (χ0) is 23.5. The third kappa shape index (κ3) is 5.13. The van der Waals surface area contributed by atoms with Gasteiger partial charge in [0.2, 0.25) is 11.8 Å². The number of hydrogen-bond donors (Lipinski definition) is 3. The van der Waals surface area contributed by atoms with Crippen LogP contribution in [-0.2, 0) is 16.1 Å². The number of aliphatic hydroxyl groups excluding tert-OH is 1. The van der Waals surface area contributed by atoms with Crippen LogP contribution in [0.25, 0.3) is 0 Å². The number of nitrogens with one attached hydrogen (secondary N) is 2. The van der Waals surface area contributed by atoms with Crippen LogP contribution in [0, 0.1) is 5.41 Å². The monoisotopic (exact) mass is 442 g/mol. The number of likely N-dealkylation sites (tertiary alicyclic amines) is 1. The minimum Gasteiger partial charge on any atom is -0.391 e. The van der Waals surface area contributed by atoms with Gasteiger partial charge in [0.15, 0.2) is 0 Å². The summed E-state index contributed by atoms with van der Waals surface area (Å²) in [7, 11) is 1.50. The number of likely N-dealkylation sites (N-methyl/N-ethyl adjacent to an activating group) is 1. The molecule has 1 aromatic heterocycles. The number of carbonyl (C=O) groups is 3. The van der Waals surface area contributed by atoms with Crippen LogP contribution in [0.15, 0.2) is 36.5 Å². The molecule has 3 rings (SSSR count). The zero-order valence-corrected chi connectivity index (χ0v) is 18.8. The molecule has 0 unspecified atom stereocenters. The van der Waals surface area contributed by atoms with Crippen molar-refractivity contribution in [1.82, 2.24) is 30.5 Å². The van der Waals surface area contributed by atoms with E-state index in [0.717, 1.165) is 0 Å². The second-order valence-corrected chi connectivity index (χ2v) is 9.02. The van der Waals surface area contributed by atoms with Gasteiger partial charge >= 0.3 is 0 Å². The van der Waals surface area contributed by atoms with Crippen molar-refractivity contribution < 1.29 is 19.5 Å². The Morgan fingerprint density at radius 1 is 1.22 bits per heavy atom. The number of benzene rings is 1. The minimum absolute atomic E-state index is 0.0815. The van der Waals surface area contributed by atoms with E-state index in [9.17, 15) is 19.5 Å². The maximum atomic E-state index is 13.5. The van der Waals surface area contributed by atoms with Gasteiger partial charge in [-0.3, -0.25) is 14.4 Å². The van der Waals surface area contributed by atoms with Crippen LogP contribution in [0.3, 0.4) is 0 Å². The number of hydrogen-bond acceptors (Lipinski definition) is 6. The van der Waals surface area contributed by atoms with E-state index in [4.69, 9.17) is 0 Å². The molecule has 0 radical (unpaired) electrons. The first kappa shape index (κ1) is 23.4. The fourth-order valence-corrected chi connectivity index (χ4v) is 3.89. The summed E-state index contributed by atoms with van der Waals surface area (Å²) < 4.78 is 1.47. The highest BCUT2D eigenvalue weighted by Crippen LogP contribution is 2.34. The fourth-order valence-electron chi connectivity index (χ4n) is 3.89. The second kappa shape index (κ2) is 9.47. The molecule has 1 aliphatic heterocycles. The smallest absolute Gasteiger partial charge is 0.251 e. The van der Waals surface area contributed by atoms with Gasteiger partial charge in [-0.05, 0) is 17.5 Å². The molecule has 10 nitrogen and oxygen atoms in total. The molecule has 32 heavy (non-hydrogen) atoms. The van der Waals surface area contributed by atoms with E-state index in [1.807, 2.05) is 26.8 Å². The molecule has 0 aliphatic carbocycles. The van der Waals surface area contributed by atoms with Gasteiger partial charge in [0.05, 0.1) is 18.8 Å². The van der Waals surface area contributed by atoms with Gasteiger partial charge in [-0.25, -0.2) is 4.68 Å². The summed E-state index contributed by atoms with van der Waals surface area (Å²) in [5.41, 5.74) is 0.493. The van der Waals surface area contributed by atoms with Crippen LogP contribution in [0.2, 0.25) is 0 Å². The Bertz CT molecular complexity index is 968. The number of amides is 3. The lowest BCUT2D eigenvalue weighted by Crippen LogP contribution is -2.49. The van der Waals surface area contributed by atoms with Crippen molar-refractivity contribution in [3.63, 3.8) is 0 Å². The van der Waals surface area contributed by atoms with E-state index in [2.05, 4.69) is 20.9 Å². The van der Waals surface area contributed by atoms with Crippen LogP contribution < -0.4 is 10.6 Å². The quantitative estimate of drug-likeness (QED) is 0.598. The van der Waals surface area contributed by atoms with Gasteiger partial charge in [0.25, 0.3) is 5.91 Å². The Morgan fingerprint density at radius 3 is 2.53 bits per heavy atom. The largest absolute Gasteiger partial charge is 0.391 e. The van der Waals surface area contributed by atoms with Gasteiger partial charge in [-0.2, -0.15) is 0 Å². The minimum atomic E-state index is -0.763. The molecular formula is C22H30N6O4. The first-order valence-corrected chi connectivity index (χ1v) is 10.6. The van der Waals surface area contributed by atoms with Gasteiger partial charge in [0, 0.05) is 25.6 Å². The number of carbonyl (C=O) groups excluding carboxylic acids is 3. The molecule has 0 spiro atoms. The van der Waals surface area contributed by atoms with Crippen molar-refractivity contribution in [1.29, 1.82) is 0 Å². The third-order valence-corrected chi connectivity index (χ3v) is 5.45. The maximum absolute atomic E-state index is 13.5. The number of rotatable bonds is 6. The summed E-state index contributed by atoms with van der Waals surface area (Å²) in [4.78, 5) is 39.5. The summed E-state index contributed by atoms with van der Waals surface area (Å²) >= 11 is 0. The average molecular weight is 443 g/mol. The molecule has 10 heteroatoms. The Labute approximate surface area is 187 Å².